The number of carbonyl (C=O) groups is 2. The van der Waals surface area contributed by atoms with Gasteiger partial charge in [0.25, 0.3) is 0 Å². The Hall–Kier alpha value is -3.37. The van der Waals surface area contributed by atoms with E-state index in [1.807, 2.05) is 24.3 Å². The van der Waals surface area contributed by atoms with E-state index in [0.29, 0.717) is 29.8 Å². The summed E-state index contributed by atoms with van der Waals surface area (Å²) in [5, 5.41) is 12.1. The first-order valence-electron chi connectivity index (χ1n) is 9.23. The third kappa shape index (κ3) is 4.87. The van der Waals surface area contributed by atoms with Gasteiger partial charge in [-0.2, -0.15) is 5.26 Å². The van der Waals surface area contributed by atoms with E-state index in [4.69, 9.17) is 5.73 Å². The van der Waals surface area contributed by atoms with Gasteiger partial charge in [0.05, 0.1) is 11.3 Å². The summed E-state index contributed by atoms with van der Waals surface area (Å²) in [6.07, 6.45) is 0.395. The zero-order valence-electron chi connectivity index (χ0n) is 15.6. The van der Waals surface area contributed by atoms with E-state index in [1.54, 1.807) is 24.3 Å². The van der Waals surface area contributed by atoms with Crippen LogP contribution < -0.4 is 16.0 Å². The van der Waals surface area contributed by atoms with Gasteiger partial charge >= 0.3 is 0 Å². The average molecular weight is 377 g/mol. The standard InChI is InChI=1S/C21H23N5O2/c22-15-17-3-1-2-4-19(17)26-13-11-25(12-14-26)10-9-20(27)24-18-7-5-16(6-8-18)21(23)28/h1-8H,9-14H2,(H2,23,28)(H,24,27). The van der Waals surface area contributed by atoms with E-state index >= 15 is 0 Å². The number of amides is 2. The second-order valence-corrected chi connectivity index (χ2v) is 6.70. The molecular weight excluding hydrogens is 354 g/mol. The lowest BCUT2D eigenvalue weighted by Crippen LogP contribution is -2.47. The monoisotopic (exact) mass is 377 g/mol. The third-order valence-electron chi connectivity index (χ3n) is 4.85. The highest BCUT2D eigenvalue weighted by atomic mass is 16.2. The highest BCUT2D eigenvalue weighted by molar-refractivity contribution is 5.94. The Bertz CT molecular complexity index is 880. The number of nitrogens with one attached hydrogen (secondary N) is 1. The highest BCUT2D eigenvalue weighted by Crippen LogP contribution is 2.21. The van der Waals surface area contributed by atoms with Gasteiger partial charge in [-0.3, -0.25) is 14.5 Å². The number of carbonyl (C=O) groups excluding carboxylic acids is 2. The number of nitrogens with zero attached hydrogens (tertiary/aromatic N) is 3. The zero-order valence-corrected chi connectivity index (χ0v) is 15.6. The molecule has 0 aliphatic carbocycles. The van der Waals surface area contributed by atoms with Crippen LogP contribution in [0.15, 0.2) is 48.5 Å². The molecule has 2 amide bonds. The second-order valence-electron chi connectivity index (χ2n) is 6.70. The van der Waals surface area contributed by atoms with Crippen LogP contribution >= 0.6 is 0 Å². The van der Waals surface area contributed by atoms with Crippen molar-refractivity contribution in [1.82, 2.24) is 4.90 Å². The lowest BCUT2D eigenvalue weighted by atomic mass is 10.1. The fourth-order valence-corrected chi connectivity index (χ4v) is 3.26. The van der Waals surface area contributed by atoms with Crippen molar-refractivity contribution in [3.05, 3.63) is 59.7 Å². The number of hydrogen-bond donors (Lipinski definition) is 2. The number of nitrogens with two attached hydrogens (primary N) is 1. The first-order chi connectivity index (χ1) is 13.6. The molecule has 0 saturated carbocycles. The quantitative estimate of drug-likeness (QED) is 0.799. The van der Waals surface area contributed by atoms with Gasteiger partial charge in [0, 0.05) is 50.4 Å². The molecule has 7 nitrogen and oxygen atoms in total. The smallest absolute Gasteiger partial charge is 0.248 e. The minimum Gasteiger partial charge on any atom is -0.368 e. The Morgan fingerprint density at radius 2 is 1.71 bits per heavy atom. The SMILES string of the molecule is N#Cc1ccccc1N1CCN(CCC(=O)Nc2ccc(C(N)=O)cc2)CC1. The van der Waals surface area contributed by atoms with Crippen molar-refractivity contribution in [2.45, 2.75) is 6.42 Å². The minimum atomic E-state index is -0.491. The van der Waals surface area contributed by atoms with Crippen molar-refractivity contribution in [2.75, 3.05) is 42.9 Å². The van der Waals surface area contributed by atoms with Crippen molar-refractivity contribution >= 4 is 23.2 Å². The molecular formula is C21H23N5O2. The number of hydrogen-bond acceptors (Lipinski definition) is 5. The number of para-hydroxylation sites is 1. The van der Waals surface area contributed by atoms with Gasteiger partial charge in [0.1, 0.15) is 6.07 Å². The maximum Gasteiger partial charge on any atom is 0.248 e. The van der Waals surface area contributed by atoms with Gasteiger partial charge in [-0.05, 0) is 36.4 Å². The molecule has 0 aromatic heterocycles. The summed E-state index contributed by atoms with van der Waals surface area (Å²) in [4.78, 5) is 27.7. The topological polar surface area (TPSA) is 102 Å². The van der Waals surface area contributed by atoms with E-state index in [1.165, 1.54) is 0 Å². The largest absolute Gasteiger partial charge is 0.368 e. The van der Waals surface area contributed by atoms with Crippen LogP contribution in [-0.4, -0.2) is 49.4 Å². The van der Waals surface area contributed by atoms with Crippen LogP contribution in [0.4, 0.5) is 11.4 Å². The Kier molecular flexibility index (Phi) is 6.25. The maximum absolute atomic E-state index is 12.2. The van der Waals surface area contributed by atoms with E-state index in [-0.39, 0.29) is 5.91 Å². The van der Waals surface area contributed by atoms with E-state index < -0.39 is 5.91 Å². The summed E-state index contributed by atoms with van der Waals surface area (Å²) < 4.78 is 0. The van der Waals surface area contributed by atoms with E-state index in [2.05, 4.69) is 21.2 Å². The molecule has 3 rings (SSSR count). The van der Waals surface area contributed by atoms with Gasteiger partial charge in [-0.25, -0.2) is 0 Å². The summed E-state index contributed by atoms with van der Waals surface area (Å²) in [6, 6.07) is 16.4. The number of nitriles is 1. The lowest BCUT2D eigenvalue weighted by Gasteiger charge is -2.36. The predicted molar refractivity (Wildman–Crippen MR) is 108 cm³/mol. The van der Waals surface area contributed by atoms with Crippen molar-refractivity contribution in [1.29, 1.82) is 5.26 Å². The van der Waals surface area contributed by atoms with Crippen LogP contribution in [0.5, 0.6) is 0 Å². The molecule has 0 bridgehead atoms. The first kappa shape index (κ1) is 19.4. The predicted octanol–water partition coefficient (Wildman–Crippen LogP) is 1.81. The Morgan fingerprint density at radius 1 is 1.04 bits per heavy atom. The van der Waals surface area contributed by atoms with Gasteiger partial charge < -0.3 is 16.0 Å². The van der Waals surface area contributed by atoms with Crippen LogP contribution in [-0.2, 0) is 4.79 Å². The van der Waals surface area contributed by atoms with Crippen LogP contribution in [0.3, 0.4) is 0 Å². The van der Waals surface area contributed by atoms with Crippen LogP contribution in [0.1, 0.15) is 22.3 Å². The van der Waals surface area contributed by atoms with E-state index in [0.717, 1.165) is 31.9 Å². The molecule has 1 heterocycles. The highest BCUT2D eigenvalue weighted by Gasteiger charge is 2.19. The van der Waals surface area contributed by atoms with Crippen molar-refractivity contribution < 1.29 is 9.59 Å². The molecule has 0 unspecified atom stereocenters. The number of rotatable bonds is 6. The van der Waals surface area contributed by atoms with Crippen LogP contribution in [0.2, 0.25) is 0 Å². The Balaban J connectivity index is 1.44. The molecule has 0 atom stereocenters. The fraction of sp³-hybridized carbons (Fsp3) is 0.286. The fourth-order valence-electron chi connectivity index (χ4n) is 3.26. The molecule has 1 saturated heterocycles. The summed E-state index contributed by atoms with van der Waals surface area (Å²) in [6.45, 7) is 4.03. The number of primary amides is 1. The number of anilines is 2. The third-order valence-corrected chi connectivity index (χ3v) is 4.85. The molecule has 0 radical (unpaired) electrons. The van der Waals surface area contributed by atoms with Gasteiger partial charge in [-0.1, -0.05) is 12.1 Å². The number of benzene rings is 2. The lowest BCUT2D eigenvalue weighted by molar-refractivity contribution is -0.116. The first-order valence-corrected chi connectivity index (χ1v) is 9.23. The average Bonchev–Trinajstić information content (AvgIpc) is 2.73. The summed E-state index contributed by atoms with van der Waals surface area (Å²) >= 11 is 0. The van der Waals surface area contributed by atoms with Crippen LogP contribution in [0.25, 0.3) is 0 Å². The van der Waals surface area contributed by atoms with Gasteiger partial charge in [0.15, 0.2) is 0 Å². The molecule has 1 aliphatic rings. The van der Waals surface area contributed by atoms with E-state index in [9.17, 15) is 14.9 Å². The Labute approximate surface area is 164 Å². The zero-order chi connectivity index (χ0) is 19.9. The van der Waals surface area contributed by atoms with Gasteiger partial charge in [-0.15, -0.1) is 0 Å². The summed E-state index contributed by atoms with van der Waals surface area (Å²) in [5.41, 5.74) is 7.93. The van der Waals surface area contributed by atoms with Crippen molar-refractivity contribution in [3.8, 4) is 6.07 Å². The second kappa shape index (κ2) is 9.02. The molecule has 144 valence electrons. The van der Waals surface area contributed by atoms with Crippen molar-refractivity contribution in [3.63, 3.8) is 0 Å². The molecule has 2 aromatic rings. The summed E-state index contributed by atoms with van der Waals surface area (Å²) in [5.74, 6) is -0.557. The molecule has 28 heavy (non-hydrogen) atoms. The Morgan fingerprint density at radius 3 is 2.36 bits per heavy atom. The molecule has 7 heteroatoms. The summed E-state index contributed by atoms with van der Waals surface area (Å²) in [7, 11) is 0. The number of piperazine rings is 1. The molecule has 0 spiro atoms. The molecule has 3 N–H and O–H groups in total. The van der Waals surface area contributed by atoms with Gasteiger partial charge in [0.2, 0.25) is 11.8 Å². The minimum absolute atomic E-state index is 0.0657. The molecule has 2 aromatic carbocycles. The molecule has 1 aliphatic heterocycles. The van der Waals surface area contributed by atoms with Crippen molar-refractivity contribution in [2.24, 2.45) is 5.73 Å². The molecule has 1 fully saturated rings. The maximum atomic E-state index is 12.2. The van der Waals surface area contributed by atoms with Crippen LogP contribution in [0, 0.1) is 11.3 Å². The normalized spacial score (nSPS) is 14.3.